The van der Waals surface area contributed by atoms with Crippen molar-refractivity contribution in [1.29, 1.82) is 0 Å². The maximum atomic E-state index is 12.9. The van der Waals surface area contributed by atoms with E-state index in [2.05, 4.69) is 27.1 Å². The fourth-order valence-electron chi connectivity index (χ4n) is 4.70. The molecule has 4 rings (SSSR count). The number of piperidine rings is 2. The summed E-state index contributed by atoms with van der Waals surface area (Å²) in [5.74, 6) is 1.65. The third kappa shape index (κ3) is 6.16. The first-order valence-electron chi connectivity index (χ1n) is 12.2. The summed E-state index contributed by atoms with van der Waals surface area (Å²) in [6.07, 6.45) is 5.90. The minimum absolute atomic E-state index is 0.115. The van der Waals surface area contributed by atoms with Crippen molar-refractivity contribution in [2.75, 3.05) is 32.7 Å². The first-order chi connectivity index (χ1) is 16.0. The number of rotatable bonds is 6. The normalized spacial score (nSPS) is 19.9. The molecule has 0 saturated carbocycles. The molecule has 7 nitrogen and oxygen atoms in total. The lowest BCUT2D eigenvalue weighted by molar-refractivity contribution is -0.134. The highest BCUT2D eigenvalue weighted by molar-refractivity contribution is 5.94. The minimum Gasteiger partial charge on any atom is -0.348 e. The maximum absolute atomic E-state index is 12.9. The van der Waals surface area contributed by atoms with Gasteiger partial charge in [0.05, 0.1) is 17.8 Å². The standard InChI is InChI=1S/C26H35N5O2/c1-19-10-13-30(14-11-19)18-24(32)31-12-6-9-22(17-31)25-27-16-23(20(2)29-25)26(33)28-15-21-7-4-3-5-8-21/h3-5,7-8,16,19,22H,6,9-15,17-18H2,1-2H3,(H,28,33)/t22-/m1/s1. The molecule has 0 unspecified atom stereocenters. The van der Waals surface area contributed by atoms with Crippen LogP contribution in [0.5, 0.6) is 0 Å². The Bertz CT molecular complexity index is 956. The topological polar surface area (TPSA) is 78.4 Å². The number of aryl methyl sites for hydroxylation is 1. The van der Waals surface area contributed by atoms with Gasteiger partial charge in [-0.2, -0.15) is 0 Å². The van der Waals surface area contributed by atoms with Gasteiger partial charge in [0.1, 0.15) is 5.82 Å². The fourth-order valence-corrected chi connectivity index (χ4v) is 4.70. The Labute approximate surface area is 196 Å². The van der Waals surface area contributed by atoms with Crippen molar-refractivity contribution in [2.24, 2.45) is 5.92 Å². The molecule has 0 aliphatic carbocycles. The Kier molecular flexibility index (Phi) is 7.70. The van der Waals surface area contributed by atoms with Crippen LogP contribution >= 0.6 is 0 Å². The van der Waals surface area contributed by atoms with Crippen molar-refractivity contribution in [3.8, 4) is 0 Å². The van der Waals surface area contributed by atoms with Crippen LogP contribution in [0.1, 0.15) is 66.0 Å². The highest BCUT2D eigenvalue weighted by atomic mass is 16.2. The Morgan fingerprint density at radius 2 is 1.85 bits per heavy atom. The van der Waals surface area contributed by atoms with E-state index in [1.54, 1.807) is 6.20 Å². The van der Waals surface area contributed by atoms with E-state index in [0.29, 0.717) is 30.9 Å². The summed E-state index contributed by atoms with van der Waals surface area (Å²) < 4.78 is 0. The molecule has 2 aliphatic rings. The summed E-state index contributed by atoms with van der Waals surface area (Å²) in [6, 6.07) is 9.82. The number of aromatic nitrogens is 2. The van der Waals surface area contributed by atoms with Crippen molar-refractivity contribution in [1.82, 2.24) is 25.1 Å². The van der Waals surface area contributed by atoms with Gasteiger partial charge >= 0.3 is 0 Å². The number of carbonyl (C=O) groups is 2. The van der Waals surface area contributed by atoms with Crippen molar-refractivity contribution in [2.45, 2.75) is 52.0 Å². The second kappa shape index (κ2) is 10.9. The quantitative estimate of drug-likeness (QED) is 0.733. The van der Waals surface area contributed by atoms with Crippen molar-refractivity contribution in [3.05, 3.63) is 59.2 Å². The molecule has 176 valence electrons. The zero-order valence-electron chi connectivity index (χ0n) is 19.8. The molecule has 0 radical (unpaired) electrons. The van der Waals surface area contributed by atoms with E-state index in [4.69, 9.17) is 0 Å². The number of amides is 2. The molecule has 3 heterocycles. The summed E-state index contributed by atoms with van der Waals surface area (Å²) in [4.78, 5) is 39.0. The largest absolute Gasteiger partial charge is 0.348 e. The predicted octanol–water partition coefficient (Wildman–Crippen LogP) is 3.15. The van der Waals surface area contributed by atoms with E-state index in [1.807, 2.05) is 42.2 Å². The number of benzene rings is 1. The number of nitrogens with zero attached hydrogens (tertiary/aromatic N) is 4. The molecule has 2 aromatic rings. The first kappa shape index (κ1) is 23.4. The molecule has 2 amide bonds. The fraction of sp³-hybridized carbons (Fsp3) is 0.538. The van der Waals surface area contributed by atoms with Crippen LogP contribution in [0.3, 0.4) is 0 Å². The molecule has 1 atom stereocenters. The lowest BCUT2D eigenvalue weighted by atomic mass is 9.96. The number of likely N-dealkylation sites (tertiary alicyclic amines) is 2. The zero-order valence-corrected chi connectivity index (χ0v) is 19.8. The van der Waals surface area contributed by atoms with Crippen LogP contribution in [-0.2, 0) is 11.3 Å². The molecule has 1 aromatic carbocycles. The van der Waals surface area contributed by atoms with Crippen molar-refractivity contribution >= 4 is 11.8 Å². The highest BCUT2D eigenvalue weighted by Gasteiger charge is 2.28. The van der Waals surface area contributed by atoms with Gasteiger partial charge in [-0.25, -0.2) is 9.97 Å². The molecule has 7 heteroatoms. The summed E-state index contributed by atoms with van der Waals surface area (Å²) in [7, 11) is 0. The van der Waals surface area contributed by atoms with E-state index < -0.39 is 0 Å². The van der Waals surface area contributed by atoms with E-state index in [0.717, 1.165) is 49.8 Å². The van der Waals surface area contributed by atoms with Crippen molar-refractivity contribution in [3.63, 3.8) is 0 Å². The van der Waals surface area contributed by atoms with Crippen molar-refractivity contribution < 1.29 is 9.59 Å². The SMILES string of the molecule is Cc1nc([C@@H]2CCCN(C(=O)CN3CCC(C)CC3)C2)ncc1C(=O)NCc1ccccc1. The van der Waals surface area contributed by atoms with Crippen LogP contribution in [-0.4, -0.2) is 64.3 Å². The smallest absolute Gasteiger partial charge is 0.254 e. The van der Waals surface area contributed by atoms with Gasteiger partial charge < -0.3 is 10.2 Å². The first-order valence-corrected chi connectivity index (χ1v) is 12.2. The average molecular weight is 450 g/mol. The minimum atomic E-state index is -0.167. The summed E-state index contributed by atoms with van der Waals surface area (Å²) in [6.45, 7) is 8.61. The maximum Gasteiger partial charge on any atom is 0.254 e. The van der Waals surface area contributed by atoms with Gasteiger partial charge in [0.25, 0.3) is 5.91 Å². The van der Waals surface area contributed by atoms with Gasteiger partial charge in [-0.15, -0.1) is 0 Å². The van der Waals surface area contributed by atoms with Crippen LogP contribution in [0.25, 0.3) is 0 Å². The van der Waals surface area contributed by atoms with Gasteiger partial charge in [0.15, 0.2) is 0 Å². The summed E-state index contributed by atoms with van der Waals surface area (Å²) in [5.41, 5.74) is 2.22. The number of carbonyl (C=O) groups excluding carboxylic acids is 2. The highest BCUT2D eigenvalue weighted by Crippen LogP contribution is 2.25. The third-order valence-corrected chi connectivity index (χ3v) is 6.91. The molecule has 2 aliphatic heterocycles. The van der Waals surface area contributed by atoms with Gasteiger partial charge in [-0.3, -0.25) is 14.5 Å². The second-order valence-electron chi connectivity index (χ2n) is 9.53. The molecule has 2 saturated heterocycles. The Hall–Kier alpha value is -2.80. The molecule has 33 heavy (non-hydrogen) atoms. The molecule has 1 aromatic heterocycles. The van der Waals surface area contributed by atoms with Crippen LogP contribution in [0, 0.1) is 12.8 Å². The van der Waals surface area contributed by atoms with Crippen LogP contribution in [0.4, 0.5) is 0 Å². The number of nitrogens with one attached hydrogen (secondary N) is 1. The monoisotopic (exact) mass is 449 g/mol. The number of hydrogen-bond acceptors (Lipinski definition) is 5. The molecule has 1 N–H and O–H groups in total. The van der Waals surface area contributed by atoms with Gasteiger partial charge in [0, 0.05) is 31.7 Å². The van der Waals surface area contributed by atoms with Crippen LogP contribution in [0.2, 0.25) is 0 Å². The van der Waals surface area contributed by atoms with E-state index in [1.165, 1.54) is 12.8 Å². The van der Waals surface area contributed by atoms with Crippen LogP contribution in [0.15, 0.2) is 36.5 Å². The van der Waals surface area contributed by atoms with Gasteiger partial charge in [-0.05, 0) is 57.2 Å². The van der Waals surface area contributed by atoms with Crippen LogP contribution < -0.4 is 5.32 Å². The van der Waals surface area contributed by atoms with Gasteiger partial charge in [0.2, 0.25) is 5.91 Å². The Morgan fingerprint density at radius 3 is 2.58 bits per heavy atom. The molecule has 0 bridgehead atoms. The Morgan fingerprint density at radius 1 is 1.09 bits per heavy atom. The molecule has 0 spiro atoms. The van der Waals surface area contributed by atoms with E-state index in [9.17, 15) is 9.59 Å². The second-order valence-corrected chi connectivity index (χ2v) is 9.53. The lowest BCUT2D eigenvalue weighted by Crippen LogP contribution is -2.46. The van der Waals surface area contributed by atoms with Gasteiger partial charge in [-0.1, -0.05) is 37.3 Å². The number of hydrogen-bond donors (Lipinski definition) is 1. The van der Waals surface area contributed by atoms with E-state index in [-0.39, 0.29) is 17.7 Å². The lowest BCUT2D eigenvalue weighted by Gasteiger charge is -2.35. The third-order valence-electron chi connectivity index (χ3n) is 6.91. The molecular weight excluding hydrogens is 414 g/mol. The van der Waals surface area contributed by atoms with E-state index >= 15 is 0 Å². The summed E-state index contributed by atoms with van der Waals surface area (Å²) in [5, 5.41) is 2.94. The Balaban J connectivity index is 1.34. The molecule has 2 fully saturated rings. The summed E-state index contributed by atoms with van der Waals surface area (Å²) >= 11 is 0. The average Bonchev–Trinajstić information content (AvgIpc) is 2.84. The predicted molar refractivity (Wildman–Crippen MR) is 128 cm³/mol. The zero-order chi connectivity index (χ0) is 23.2. The molecular formula is C26H35N5O2.